The topological polar surface area (TPSA) is 44.4 Å². The van der Waals surface area contributed by atoms with E-state index < -0.39 is 0 Å². The maximum absolute atomic E-state index is 11.6. The number of carbonyl (C=O) groups excluding carboxylic acids is 1. The second-order valence-corrected chi connectivity index (χ2v) is 5.47. The molecular weight excluding hydrogens is 202 g/mol. The minimum absolute atomic E-state index is 0.183. The zero-order valence-corrected chi connectivity index (χ0v) is 9.74. The van der Waals surface area contributed by atoms with Gasteiger partial charge in [0.05, 0.1) is 6.54 Å². The van der Waals surface area contributed by atoms with Crippen LogP contribution in [0, 0.1) is 5.92 Å². The van der Waals surface area contributed by atoms with Gasteiger partial charge in [-0.3, -0.25) is 4.79 Å². The Morgan fingerprint density at radius 3 is 2.81 bits per heavy atom. The van der Waals surface area contributed by atoms with Gasteiger partial charge in [0, 0.05) is 18.6 Å². The van der Waals surface area contributed by atoms with Crippen molar-refractivity contribution in [1.29, 1.82) is 0 Å². The van der Waals surface area contributed by atoms with E-state index in [2.05, 4.69) is 15.5 Å². The Kier molecular flexibility index (Phi) is 2.86. The number of amides is 1. The van der Waals surface area contributed by atoms with E-state index in [-0.39, 0.29) is 5.91 Å². The molecule has 4 nitrogen and oxygen atoms in total. The van der Waals surface area contributed by atoms with E-state index in [4.69, 9.17) is 0 Å². The van der Waals surface area contributed by atoms with E-state index in [0.717, 1.165) is 5.92 Å². The Labute approximate surface area is 96.8 Å². The fourth-order valence-corrected chi connectivity index (χ4v) is 2.95. The van der Waals surface area contributed by atoms with E-state index in [0.29, 0.717) is 18.6 Å². The maximum atomic E-state index is 11.6. The Morgan fingerprint density at radius 1 is 1.19 bits per heavy atom. The van der Waals surface area contributed by atoms with Crippen LogP contribution in [0.2, 0.25) is 0 Å². The summed E-state index contributed by atoms with van der Waals surface area (Å²) in [4.78, 5) is 14.1. The highest BCUT2D eigenvalue weighted by Gasteiger charge is 2.34. The molecule has 2 saturated heterocycles. The van der Waals surface area contributed by atoms with E-state index in [9.17, 15) is 4.79 Å². The standard InChI is InChI=1S/C12H21N3O/c16-12(14-10-1-2-10)7-13-11-4-6-15-5-3-9(11)8-15/h9-11,13H,1-8H2,(H,14,16). The summed E-state index contributed by atoms with van der Waals surface area (Å²) in [5, 5.41) is 6.47. The molecular formula is C12H21N3O. The lowest BCUT2D eigenvalue weighted by atomic mass is 9.94. The Bertz CT molecular complexity index is 277. The van der Waals surface area contributed by atoms with Gasteiger partial charge in [0.1, 0.15) is 0 Å². The van der Waals surface area contributed by atoms with Crippen LogP contribution >= 0.6 is 0 Å². The van der Waals surface area contributed by atoms with Crippen LogP contribution in [0.25, 0.3) is 0 Å². The van der Waals surface area contributed by atoms with E-state index in [1.54, 1.807) is 0 Å². The van der Waals surface area contributed by atoms with Crippen molar-refractivity contribution in [3.8, 4) is 0 Å². The number of carbonyl (C=O) groups is 1. The summed E-state index contributed by atoms with van der Waals surface area (Å²) in [6, 6.07) is 1.06. The van der Waals surface area contributed by atoms with Gasteiger partial charge < -0.3 is 15.5 Å². The van der Waals surface area contributed by atoms with Crippen molar-refractivity contribution in [2.24, 2.45) is 5.92 Å². The van der Waals surface area contributed by atoms with Crippen molar-refractivity contribution in [3.05, 3.63) is 0 Å². The van der Waals surface area contributed by atoms with Gasteiger partial charge >= 0.3 is 0 Å². The van der Waals surface area contributed by atoms with Gasteiger partial charge in [-0.05, 0) is 44.7 Å². The molecule has 2 heterocycles. The molecule has 1 aliphatic carbocycles. The molecule has 0 aromatic heterocycles. The predicted molar refractivity (Wildman–Crippen MR) is 62.1 cm³/mol. The predicted octanol–water partition coefficient (Wildman–Crippen LogP) is -0.0512. The molecule has 3 atom stereocenters. The molecule has 2 bridgehead atoms. The SMILES string of the molecule is O=C(CNC1CCN2CCC1C2)NC1CC1. The van der Waals surface area contributed by atoms with Crippen LogP contribution in [0.5, 0.6) is 0 Å². The van der Waals surface area contributed by atoms with Crippen molar-refractivity contribution in [1.82, 2.24) is 15.5 Å². The molecule has 90 valence electrons. The summed E-state index contributed by atoms with van der Waals surface area (Å²) in [6.45, 7) is 4.22. The van der Waals surface area contributed by atoms with Crippen LogP contribution in [-0.4, -0.2) is 49.1 Å². The number of nitrogens with one attached hydrogen (secondary N) is 2. The van der Waals surface area contributed by atoms with E-state index in [1.165, 1.54) is 45.3 Å². The molecule has 0 radical (unpaired) electrons. The van der Waals surface area contributed by atoms with Gasteiger partial charge in [-0.25, -0.2) is 0 Å². The first-order valence-electron chi connectivity index (χ1n) is 6.56. The van der Waals surface area contributed by atoms with Crippen molar-refractivity contribution in [2.45, 2.75) is 37.8 Å². The van der Waals surface area contributed by atoms with Gasteiger partial charge in [0.15, 0.2) is 0 Å². The Balaban J connectivity index is 1.41. The monoisotopic (exact) mass is 223 g/mol. The smallest absolute Gasteiger partial charge is 0.234 e. The fourth-order valence-electron chi connectivity index (χ4n) is 2.95. The van der Waals surface area contributed by atoms with Crippen LogP contribution < -0.4 is 10.6 Å². The molecule has 3 aliphatic rings. The van der Waals surface area contributed by atoms with Gasteiger partial charge in [-0.1, -0.05) is 0 Å². The average Bonchev–Trinajstić information content (AvgIpc) is 3.01. The summed E-state index contributed by atoms with van der Waals surface area (Å²) in [5.74, 6) is 0.963. The number of rotatable bonds is 4. The van der Waals surface area contributed by atoms with Crippen molar-refractivity contribution >= 4 is 5.91 Å². The summed E-state index contributed by atoms with van der Waals surface area (Å²) < 4.78 is 0. The number of piperidine rings is 1. The molecule has 2 aliphatic heterocycles. The zero-order valence-electron chi connectivity index (χ0n) is 9.74. The van der Waals surface area contributed by atoms with Crippen molar-refractivity contribution in [2.75, 3.05) is 26.2 Å². The second kappa shape index (κ2) is 4.34. The highest BCUT2D eigenvalue weighted by Crippen LogP contribution is 2.26. The maximum Gasteiger partial charge on any atom is 0.234 e. The molecule has 0 aromatic rings. The lowest BCUT2D eigenvalue weighted by Gasteiger charge is -2.30. The highest BCUT2D eigenvalue weighted by molar-refractivity contribution is 5.78. The average molecular weight is 223 g/mol. The zero-order chi connectivity index (χ0) is 11.0. The van der Waals surface area contributed by atoms with Crippen LogP contribution in [0.4, 0.5) is 0 Å². The van der Waals surface area contributed by atoms with E-state index in [1.807, 2.05) is 0 Å². The number of hydrogen-bond acceptors (Lipinski definition) is 3. The normalized spacial score (nSPS) is 37.4. The van der Waals surface area contributed by atoms with Crippen molar-refractivity contribution in [3.63, 3.8) is 0 Å². The Hall–Kier alpha value is -0.610. The number of nitrogens with zero attached hydrogens (tertiary/aromatic N) is 1. The number of hydrogen-bond donors (Lipinski definition) is 2. The highest BCUT2D eigenvalue weighted by atomic mass is 16.2. The molecule has 16 heavy (non-hydrogen) atoms. The first-order chi connectivity index (χ1) is 7.81. The molecule has 3 fully saturated rings. The largest absolute Gasteiger partial charge is 0.352 e. The fraction of sp³-hybridized carbons (Fsp3) is 0.917. The van der Waals surface area contributed by atoms with Crippen LogP contribution in [0.3, 0.4) is 0 Å². The summed E-state index contributed by atoms with van der Waals surface area (Å²) in [5.41, 5.74) is 0. The van der Waals surface area contributed by atoms with E-state index >= 15 is 0 Å². The summed E-state index contributed by atoms with van der Waals surface area (Å²) >= 11 is 0. The lowest BCUT2D eigenvalue weighted by molar-refractivity contribution is -0.120. The molecule has 1 saturated carbocycles. The first-order valence-corrected chi connectivity index (χ1v) is 6.56. The third kappa shape index (κ3) is 2.38. The molecule has 3 rings (SSSR count). The molecule has 0 aromatic carbocycles. The number of fused-ring (bicyclic) bond motifs is 2. The lowest BCUT2D eigenvalue weighted by Crippen LogP contribution is -2.47. The third-order valence-corrected chi connectivity index (χ3v) is 4.10. The minimum atomic E-state index is 0.183. The molecule has 1 amide bonds. The van der Waals surface area contributed by atoms with Crippen LogP contribution in [-0.2, 0) is 4.79 Å². The Morgan fingerprint density at radius 2 is 2.00 bits per heavy atom. The molecule has 0 spiro atoms. The second-order valence-electron chi connectivity index (χ2n) is 5.47. The first kappa shape index (κ1) is 10.5. The van der Waals surface area contributed by atoms with Gasteiger partial charge in [0.25, 0.3) is 0 Å². The summed E-state index contributed by atoms with van der Waals surface area (Å²) in [7, 11) is 0. The molecule has 4 heteroatoms. The van der Waals surface area contributed by atoms with Gasteiger partial charge in [-0.2, -0.15) is 0 Å². The minimum Gasteiger partial charge on any atom is -0.352 e. The van der Waals surface area contributed by atoms with Gasteiger partial charge in [-0.15, -0.1) is 0 Å². The quantitative estimate of drug-likeness (QED) is 0.702. The molecule has 2 N–H and O–H groups in total. The third-order valence-electron chi connectivity index (χ3n) is 4.10. The van der Waals surface area contributed by atoms with Crippen LogP contribution in [0.1, 0.15) is 25.7 Å². The molecule has 3 unspecified atom stereocenters. The van der Waals surface area contributed by atoms with Gasteiger partial charge in [0.2, 0.25) is 5.91 Å². The van der Waals surface area contributed by atoms with Crippen molar-refractivity contribution < 1.29 is 4.79 Å². The summed E-state index contributed by atoms with van der Waals surface area (Å²) in [6.07, 6.45) is 4.86. The van der Waals surface area contributed by atoms with Crippen LogP contribution in [0.15, 0.2) is 0 Å².